The van der Waals surface area contributed by atoms with Crippen LogP contribution in [0.4, 0.5) is 5.69 Å². The second-order valence-electron chi connectivity index (χ2n) is 5.75. The van der Waals surface area contributed by atoms with Crippen LogP contribution >= 0.6 is 0 Å². The van der Waals surface area contributed by atoms with E-state index in [4.69, 9.17) is 4.74 Å². The maximum atomic E-state index is 12.4. The van der Waals surface area contributed by atoms with Crippen molar-refractivity contribution in [3.63, 3.8) is 0 Å². The van der Waals surface area contributed by atoms with Gasteiger partial charge in [-0.3, -0.25) is 9.79 Å². The van der Waals surface area contributed by atoms with E-state index in [2.05, 4.69) is 32.7 Å². The Balaban J connectivity index is 1.69. The molecule has 0 aromatic heterocycles. The van der Waals surface area contributed by atoms with Gasteiger partial charge in [0.15, 0.2) is 5.96 Å². The molecule has 1 aliphatic rings. The van der Waals surface area contributed by atoms with E-state index in [1.807, 2.05) is 30.0 Å². The van der Waals surface area contributed by atoms with Crippen molar-refractivity contribution in [1.82, 2.24) is 15.5 Å². The van der Waals surface area contributed by atoms with Crippen molar-refractivity contribution in [2.24, 2.45) is 4.99 Å². The summed E-state index contributed by atoms with van der Waals surface area (Å²) < 4.78 is 5.27. The molecule has 1 amide bonds. The average molecular weight is 347 g/mol. The lowest BCUT2D eigenvalue weighted by Gasteiger charge is -2.36. The fourth-order valence-corrected chi connectivity index (χ4v) is 2.73. The van der Waals surface area contributed by atoms with Crippen LogP contribution in [0.15, 0.2) is 35.3 Å². The molecular formula is C18H29N5O2. The standard InChI is InChI=1S/C18H29N5O2/c1-3-25-14-9-20-18(19-2)21-15-17(24)23-12-10-22(11-13-23)16-7-5-4-6-8-16/h4-8H,3,9-15H2,1-2H3,(H2,19,20,21). The lowest BCUT2D eigenvalue weighted by Crippen LogP contribution is -2.52. The number of carbonyl (C=O) groups is 1. The van der Waals surface area contributed by atoms with E-state index in [9.17, 15) is 4.79 Å². The van der Waals surface area contributed by atoms with E-state index in [1.54, 1.807) is 7.05 Å². The van der Waals surface area contributed by atoms with Crippen LogP contribution in [0.5, 0.6) is 0 Å². The van der Waals surface area contributed by atoms with Gasteiger partial charge in [-0.05, 0) is 19.1 Å². The highest BCUT2D eigenvalue weighted by atomic mass is 16.5. The molecule has 0 atom stereocenters. The quantitative estimate of drug-likeness (QED) is 0.428. The van der Waals surface area contributed by atoms with Gasteiger partial charge in [0.1, 0.15) is 0 Å². The van der Waals surface area contributed by atoms with E-state index in [0.717, 1.165) is 26.2 Å². The Hall–Kier alpha value is -2.28. The first-order valence-corrected chi connectivity index (χ1v) is 8.84. The highest BCUT2D eigenvalue weighted by molar-refractivity contribution is 5.86. The first kappa shape index (κ1) is 19.1. The maximum Gasteiger partial charge on any atom is 0.242 e. The highest BCUT2D eigenvalue weighted by Gasteiger charge is 2.21. The Labute approximate surface area is 150 Å². The number of rotatable bonds is 7. The summed E-state index contributed by atoms with van der Waals surface area (Å²) in [6.07, 6.45) is 0. The molecule has 1 saturated heterocycles. The van der Waals surface area contributed by atoms with Gasteiger partial charge in [-0.15, -0.1) is 0 Å². The van der Waals surface area contributed by atoms with Crippen LogP contribution in [0, 0.1) is 0 Å². The van der Waals surface area contributed by atoms with Crippen molar-refractivity contribution >= 4 is 17.6 Å². The molecule has 1 aromatic carbocycles. The summed E-state index contributed by atoms with van der Waals surface area (Å²) in [4.78, 5) is 20.7. The number of hydrogen-bond acceptors (Lipinski definition) is 4. The van der Waals surface area contributed by atoms with Gasteiger partial charge in [0, 0.05) is 52.1 Å². The molecule has 2 N–H and O–H groups in total. The van der Waals surface area contributed by atoms with Crippen LogP contribution in [-0.2, 0) is 9.53 Å². The number of ether oxygens (including phenoxy) is 1. The second kappa shape index (κ2) is 10.6. The lowest BCUT2D eigenvalue weighted by atomic mass is 10.2. The number of para-hydroxylation sites is 1. The van der Waals surface area contributed by atoms with E-state index >= 15 is 0 Å². The second-order valence-corrected chi connectivity index (χ2v) is 5.75. The third kappa shape index (κ3) is 6.26. The predicted octanol–water partition coefficient (Wildman–Crippen LogP) is 0.537. The van der Waals surface area contributed by atoms with Gasteiger partial charge >= 0.3 is 0 Å². The van der Waals surface area contributed by atoms with Gasteiger partial charge in [-0.25, -0.2) is 0 Å². The number of nitrogens with one attached hydrogen (secondary N) is 2. The molecule has 0 aliphatic carbocycles. The van der Waals surface area contributed by atoms with Gasteiger partial charge in [0.2, 0.25) is 5.91 Å². The summed E-state index contributed by atoms with van der Waals surface area (Å²) in [5.74, 6) is 0.719. The number of amides is 1. The van der Waals surface area contributed by atoms with Crippen LogP contribution in [0.3, 0.4) is 0 Å². The summed E-state index contributed by atoms with van der Waals surface area (Å²) >= 11 is 0. The Morgan fingerprint density at radius 1 is 1.16 bits per heavy atom. The Morgan fingerprint density at radius 3 is 2.52 bits per heavy atom. The molecule has 1 fully saturated rings. The first-order chi connectivity index (χ1) is 12.2. The molecule has 0 bridgehead atoms. The zero-order valence-corrected chi connectivity index (χ0v) is 15.2. The Morgan fingerprint density at radius 2 is 1.88 bits per heavy atom. The van der Waals surface area contributed by atoms with E-state index in [0.29, 0.717) is 25.7 Å². The van der Waals surface area contributed by atoms with Crippen LogP contribution in [0.25, 0.3) is 0 Å². The minimum absolute atomic E-state index is 0.0977. The average Bonchev–Trinajstić information content (AvgIpc) is 2.68. The topological polar surface area (TPSA) is 69.2 Å². The third-order valence-corrected chi connectivity index (χ3v) is 4.13. The number of anilines is 1. The molecule has 2 rings (SSSR count). The molecule has 7 nitrogen and oxygen atoms in total. The molecule has 1 aliphatic heterocycles. The van der Waals surface area contributed by atoms with Crippen molar-refractivity contribution in [3.8, 4) is 0 Å². The summed E-state index contributed by atoms with van der Waals surface area (Å²) in [6, 6.07) is 10.3. The normalized spacial score (nSPS) is 15.2. The molecule has 1 aromatic rings. The molecule has 0 unspecified atom stereocenters. The van der Waals surface area contributed by atoms with Gasteiger partial charge in [0.25, 0.3) is 0 Å². The summed E-state index contributed by atoms with van der Waals surface area (Å²) in [7, 11) is 1.69. The largest absolute Gasteiger partial charge is 0.380 e. The van der Waals surface area contributed by atoms with Crippen molar-refractivity contribution < 1.29 is 9.53 Å². The van der Waals surface area contributed by atoms with E-state index in [1.165, 1.54) is 5.69 Å². The Kier molecular flexibility index (Phi) is 8.04. The zero-order valence-electron chi connectivity index (χ0n) is 15.2. The SMILES string of the molecule is CCOCCNC(=NC)NCC(=O)N1CCN(c2ccccc2)CC1. The molecular weight excluding hydrogens is 318 g/mol. The minimum Gasteiger partial charge on any atom is -0.380 e. The van der Waals surface area contributed by atoms with Gasteiger partial charge in [-0.2, -0.15) is 0 Å². The summed E-state index contributed by atoms with van der Waals surface area (Å²) in [5, 5.41) is 6.19. The van der Waals surface area contributed by atoms with E-state index in [-0.39, 0.29) is 12.5 Å². The number of carbonyl (C=O) groups excluding carboxylic acids is 1. The molecule has 0 spiro atoms. The molecule has 0 saturated carbocycles. The van der Waals surface area contributed by atoms with Crippen LogP contribution < -0.4 is 15.5 Å². The molecule has 0 radical (unpaired) electrons. The highest BCUT2D eigenvalue weighted by Crippen LogP contribution is 2.15. The van der Waals surface area contributed by atoms with Crippen LogP contribution in [-0.4, -0.2) is 76.3 Å². The predicted molar refractivity (Wildman–Crippen MR) is 101 cm³/mol. The fourth-order valence-electron chi connectivity index (χ4n) is 2.73. The maximum absolute atomic E-state index is 12.4. The minimum atomic E-state index is 0.0977. The first-order valence-electron chi connectivity index (χ1n) is 8.84. The number of benzene rings is 1. The third-order valence-electron chi connectivity index (χ3n) is 4.13. The monoisotopic (exact) mass is 347 g/mol. The molecule has 1 heterocycles. The molecule has 25 heavy (non-hydrogen) atoms. The van der Waals surface area contributed by atoms with Crippen molar-refractivity contribution in [3.05, 3.63) is 30.3 Å². The smallest absolute Gasteiger partial charge is 0.242 e. The summed E-state index contributed by atoms with van der Waals surface area (Å²) in [5.41, 5.74) is 1.21. The van der Waals surface area contributed by atoms with Gasteiger partial charge < -0.3 is 25.2 Å². The van der Waals surface area contributed by atoms with Crippen LogP contribution in [0.2, 0.25) is 0 Å². The summed E-state index contributed by atoms with van der Waals surface area (Å²) in [6.45, 7) is 7.39. The van der Waals surface area contributed by atoms with E-state index < -0.39 is 0 Å². The van der Waals surface area contributed by atoms with Gasteiger partial charge in [-0.1, -0.05) is 18.2 Å². The Bertz CT molecular complexity index is 542. The number of nitrogens with zero attached hydrogens (tertiary/aromatic N) is 3. The van der Waals surface area contributed by atoms with Crippen LogP contribution in [0.1, 0.15) is 6.92 Å². The zero-order chi connectivity index (χ0) is 17.9. The van der Waals surface area contributed by atoms with Crippen molar-refractivity contribution in [2.45, 2.75) is 6.92 Å². The number of piperazine rings is 1. The number of aliphatic imine (C=N–C) groups is 1. The van der Waals surface area contributed by atoms with Crippen molar-refractivity contribution in [1.29, 1.82) is 0 Å². The number of guanidine groups is 1. The lowest BCUT2D eigenvalue weighted by molar-refractivity contribution is -0.130. The van der Waals surface area contributed by atoms with Crippen molar-refractivity contribution in [2.75, 3.05) is 64.4 Å². The molecule has 7 heteroatoms. The van der Waals surface area contributed by atoms with Gasteiger partial charge in [0.05, 0.1) is 13.2 Å². The number of hydrogen-bond donors (Lipinski definition) is 2. The molecule has 138 valence electrons. The fraction of sp³-hybridized carbons (Fsp3) is 0.556.